The smallest absolute Gasteiger partial charge is 0.231 e. The summed E-state index contributed by atoms with van der Waals surface area (Å²) < 4.78 is 10.6. The summed E-state index contributed by atoms with van der Waals surface area (Å²) in [5.74, 6) is 1.59. The van der Waals surface area contributed by atoms with Crippen LogP contribution in [0.4, 0.5) is 0 Å². The van der Waals surface area contributed by atoms with Crippen molar-refractivity contribution in [2.24, 2.45) is 5.92 Å². The molecular weight excluding hydrogens is 180 g/mol. The van der Waals surface area contributed by atoms with E-state index in [-0.39, 0.29) is 12.7 Å². The number of ether oxygens (including phenoxy) is 2. The number of hydrogen-bond acceptors (Lipinski definition) is 3. The van der Waals surface area contributed by atoms with Crippen LogP contribution in [-0.2, 0) is 11.2 Å². The molecule has 74 valence electrons. The number of para-hydroxylation sites is 1. The van der Waals surface area contributed by atoms with E-state index in [1.165, 1.54) is 0 Å². The van der Waals surface area contributed by atoms with Gasteiger partial charge in [-0.1, -0.05) is 19.1 Å². The minimum atomic E-state index is 0.0192. The van der Waals surface area contributed by atoms with Gasteiger partial charge < -0.3 is 14.3 Å². The minimum Gasteiger partial charge on any atom is -0.454 e. The molecule has 1 atom stereocenters. The van der Waals surface area contributed by atoms with Crippen molar-refractivity contribution < 1.29 is 14.3 Å². The van der Waals surface area contributed by atoms with Crippen LogP contribution in [-0.4, -0.2) is 13.1 Å². The van der Waals surface area contributed by atoms with E-state index >= 15 is 0 Å². The molecule has 1 aliphatic rings. The summed E-state index contributed by atoms with van der Waals surface area (Å²) in [5, 5.41) is 0. The van der Waals surface area contributed by atoms with Crippen molar-refractivity contribution in [3.8, 4) is 11.5 Å². The van der Waals surface area contributed by atoms with Crippen LogP contribution in [0.2, 0.25) is 0 Å². The molecule has 1 heterocycles. The maximum Gasteiger partial charge on any atom is 0.231 e. The first kappa shape index (κ1) is 9.06. The highest BCUT2D eigenvalue weighted by molar-refractivity contribution is 5.56. The molecular formula is C11H12O3. The number of carbonyl (C=O) groups excluding carboxylic acids is 1. The van der Waals surface area contributed by atoms with Crippen molar-refractivity contribution in [2.75, 3.05) is 6.79 Å². The monoisotopic (exact) mass is 192 g/mol. The van der Waals surface area contributed by atoms with Gasteiger partial charge in [0.05, 0.1) is 0 Å². The van der Waals surface area contributed by atoms with Crippen molar-refractivity contribution in [1.29, 1.82) is 0 Å². The summed E-state index contributed by atoms with van der Waals surface area (Å²) in [6.07, 6.45) is 1.66. The Morgan fingerprint density at radius 2 is 2.36 bits per heavy atom. The summed E-state index contributed by atoms with van der Waals surface area (Å²) >= 11 is 0. The predicted octanol–water partition coefficient (Wildman–Crippen LogP) is 1.79. The average molecular weight is 192 g/mol. The SMILES string of the molecule is CC(C=O)Cc1cccc2c1OCO2. The summed E-state index contributed by atoms with van der Waals surface area (Å²) in [7, 11) is 0. The highest BCUT2D eigenvalue weighted by Gasteiger charge is 2.17. The van der Waals surface area contributed by atoms with Gasteiger partial charge in [-0.25, -0.2) is 0 Å². The van der Waals surface area contributed by atoms with E-state index in [4.69, 9.17) is 9.47 Å². The van der Waals surface area contributed by atoms with Crippen LogP contribution in [0.1, 0.15) is 12.5 Å². The molecule has 0 bridgehead atoms. The minimum absolute atomic E-state index is 0.0192. The summed E-state index contributed by atoms with van der Waals surface area (Å²) in [6, 6.07) is 5.76. The zero-order chi connectivity index (χ0) is 9.97. The second-order valence-corrected chi connectivity index (χ2v) is 3.47. The van der Waals surface area contributed by atoms with Crippen molar-refractivity contribution in [3.05, 3.63) is 23.8 Å². The Labute approximate surface area is 82.6 Å². The van der Waals surface area contributed by atoms with Gasteiger partial charge in [0.25, 0.3) is 0 Å². The molecule has 1 unspecified atom stereocenters. The molecule has 0 spiro atoms. The van der Waals surface area contributed by atoms with Gasteiger partial charge in [-0.2, -0.15) is 0 Å². The van der Waals surface area contributed by atoms with Crippen LogP contribution in [0.25, 0.3) is 0 Å². The van der Waals surface area contributed by atoms with Crippen LogP contribution in [0.3, 0.4) is 0 Å². The van der Waals surface area contributed by atoms with Crippen LogP contribution in [0.5, 0.6) is 11.5 Å². The molecule has 0 aromatic heterocycles. The Balaban J connectivity index is 2.26. The van der Waals surface area contributed by atoms with Gasteiger partial charge in [0.1, 0.15) is 6.29 Å². The first-order valence-corrected chi connectivity index (χ1v) is 4.64. The zero-order valence-electron chi connectivity index (χ0n) is 8.03. The Kier molecular flexibility index (Phi) is 2.39. The number of aldehydes is 1. The van der Waals surface area contributed by atoms with Crippen molar-refractivity contribution in [3.63, 3.8) is 0 Å². The maximum atomic E-state index is 10.5. The fraction of sp³-hybridized carbons (Fsp3) is 0.364. The Bertz CT molecular complexity index is 346. The Morgan fingerprint density at radius 1 is 1.50 bits per heavy atom. The molecule has 1 aromatic rings. The fourth-order valence-corrected chi connectivity index (χ4v) is 1.55. The van der Waals surface area contributed by atoms with E-state index in [1.54, 1.807) is 0 Å². The third-order valence-corrected chi connectivity index (χ3v) is 2.25. The van der Waals surface area contributed by atoms with E-state index in [0.717, 1.165) is 23.3 Å². The molecule has 1 aliphatic heterocycles. The lowest BCUT2D eigenvalue weighted by atomic mass is 10.0. The second kappa shape index (κ2) is 3.70. The molecule has 3 nitrogen and oxygen atoms in total. The van der Waals surface area contributed by atoms with Crippen LogP contribution >= 0.6 is 0 Å². The lowest BCUT2D eigenvalue weighted by Gasteiger charge is -2.06. The summed E-state index contributed by atoms with van der Waals surface area (Å²) in [6.45, 7) is 2.17. The van der Waals surface area contributed by atoms with Gasteiger partial charge in [-0.15, -0.1) is 0 Å². The molecule has 0 N–H and O–H groups in total. The lowest BCUT2D eigenvalue weighted by molar-refractivity contribution is -0.110. The fourth-order valence-electron chi connectivity index (χ4n) is 1.55. The molecule has 1 aromatic carbocycles. The first-order valence-electron chi connectivity index (χ1n) is 4.64. The van der Waals surface area contributed by atoms with Gasteiger partial charge in [-0.3, -0.25) is 0 Å². The zero-order valence-corrected chi connectivity index (χ0v) is 8.03. The van der Waals surface area contributed by atoms with Crippen molar-refractivity contribution in [2.45, 2.75) is 13.3 Å². The first-order chi connectivity index (χ1) is 6.81. The predicted molar refractivity (Wildman–Crippen MR) is 51.5 cm³/mol. The molecule has 0 saturated heterocycles. The molecule has 0 saturated carbocycles. The van der Waals surface area contributed by atoms with E-state index in [0.29, 0.717) is 6.42 Å². The highest BCUT2D eigenvalue weighted by atomic mass is 16.7. The number of fused-ring (bicyclic) bond motifs is 1. The van der Waals surface area contributed by atoms with Crippen LogP contribution in [0, 0.1) is 5.92 Å². The van der Waals surface area contributed by atoms with E-state index in [2.05, 4.69) is 0 Å². The molecule has 0 aliphatic carbocycles. The molecule has 3 heteroatoms. The largest absolute Gasteiger partial charge is 0.454 e. The highest BCUT2D eigenvalue weighted by Crippen LogP contribution is 2.36. The van der Waals surface area contributed by atoms with Crippen LogP contribution in [0.15, 0.2) is 18.2 Å². The summed E-state index contributed by atoms with van der Waals surface area (Å²) in [4.78, 5) is 10.5. The lowest BCUT2D eigenvalue weighted by Crippen LogP contribution is -2.01. The average Bonchev–Trinajstić information content (AvgIpc) is 2.66. The Hall–Kier alpha value is -1.51. The van der Waals surface area contributed by atoms with Crippen molar-refractivity contribution in [1.82, 2.24) is 0 Å². The molecule has 0 radical (unpaired) electrons. The topological polar surface area (TPSA) is 35.5 Å². The number of rotatable bonds is 3. The van der Waals surface area contributed by atoms with Gasteiger partial charge in [-0.05, 0) is 18.1 Å². The van der Waals surface area contributed by atoms with Gasteiger partial charge in [0.15, 0.2) is 11.5 Å². The quantitative estimate of drug-likeness (QED) is 0.685. The third-order valence-electron chi connectivity index (χ3n) is 2.25. The maximum absolute atomic E-state index is 10.5. The normalized spacial score (nSPS) is 15.2. The number of hydrogen-bond donors (Lipinski definition) is 0. The number of carbonyl (C=O) groups is 1. The van der Waals surface area contributed by atoms with Gasteiger partial charge in [0.2, 0.25) is 6.79 Å². The third kappa shape index (κ3) is 1.58. The van der Waals surface area contributed by atoms with Gasteiger partial charge >= 0.3 is 0 Å². The number of benzene rings is 1. The van der Waals surface area contributed by atoms with E-state index in [9.17, 15) is 4.79 Å². The second-order valence-electron chi connectivity index (χ2n) is 3.47. The van der Waals surface area contributed by atoms with Gasteiger partial charge in [0, 0.05) is 5.92 Å². The molecule has 2 rings (SSSR count). The van der Waals surface area contributed by atoms with Crippen LogP contribution < -0.4 is 9.47 Å². The summed E-state index contributed by atoms with van der Waals surface area (Å²) in [5.41, 5.74) is 1.04. The Morgan fingerprint density at radius 3 is 3.14 bits per heavy atom. The van der Waals surface area contributed by atoms with Crippen molar-refractivity contribution >= 4 is 6.29 Å². The molecule has 0 fully saturated rings. The standard InChI is InChI=1S/C11H12O3/c1-8(6-12)5-9-3-2-4-10-11(9)14-7-13-10/h2-4,6,8H,5,7H2,1H3. The van der Waals surface area contributed by atoms with E-state index < -0.39 is 0 Å². The molecule has 14 heavy (non-hydrogen) atoms. The van der Waals surface area contributed by atoms with E-state index in [1.807, 2.05) is 25.1 Å². The molecule has 0 amide bonds.